The Labute approximate surface area is 145 Å². The molecule has 0 saturated carbocycles. The molecular weight excluding hydrogens is 404 g/mol. The first-order valence-corrected chi connectivity index (χ1v) is 9.40. The van der Waals surface area contributed by atoms with Gasteiger partial charge < -0.3 is 4.74 Å². The molecule has 1 aromatic heterocycles. The molecule has 23 heavy (non-hydrogen) atoms. The third-order valence-corrected chi connectivity index (χ3v) is 6.16. The predicted molar refractivity (Wildman–Crippen MR) is 88.6 cm³/mol. The summed E-state index contributed by atoms with van der Waals surface area (Å²) in [6.45, 7) is 1.42. The highest BCUT2D eigenvalue weighted by Gasteiger charge is 2.24. The molecule has 0 aliphatic rings. The number of nitrogens with one attached hydrogen (secondary N) is 1. The van der Waals surface area contributed by atoms with Gasteiger partial charge in [0.15, 0.2) is 6.10 Å². The van der Waals surface area contributed by atoms with Crippen LogP contribution in [-0.4, -0.2) is 20.4 Å². The van der Waals surface area contributed by atoms with Crippen molar-refractivity contribution in [1.82, 2.24) is 4.72 Å². The van der Waals surface area contributed by atoms with Crippen LogP contribution >= 0.6 is 27.3 Å². The number of carbonyl (C=O) groups excluding carboxylic acids is 1. The number of amides is 1. The van der Waals surface area contributed by atoms with E-state index in [1.807, 2.05) is 10.8 Å². The molecule has 0 aliphatic heterocycles. The van der Waals surface area contributed by atoms with Crippen LogP contribution in [-0.2, 0) is 14.8 Å². The Morgan fingerprint density at radius 3 is 2.74 bits per heavy atom. The number of nitrogens with zero attached hydrogens (tertiary/aromatic N) is 1. The number of carbonyl (C=O) groups is 1. The summed E-state index contributed by atoms with van der Waals surface area (Å²) in [5, 5.41) is 8.82. The van der Waals surface area contributed by atoms with Crippen LogP contribution in [0, 0.1) is 11.3 Å². The van der Waals surface area contributed by atoms with Gasteiger partial charge in [-0.25, -0.2) is 13.1 Å². The average molecular weight is 415 g/mol. The molecule has 0 spiro atoms. The minimum atomic E-state index is -3.93. The highest BCUT2D eigenvalue weighted by atomic mass is 79.9. The van der Waals surface area contributed by atoms with Gasteiger partial charge in [0.2, 0.25) is 0 Å². The van der Waals surface area contributed by atoms with Crippen molar-refractivity contribution in [1.29, 1.82) is 5.26 Å². The Morgan fingerprint density at radius 1 is 1.39 bits per heavy atom. The summed E-state index contributed by atoms with van der Waals surface area (Å²) in [5.41, 5.74) is 0.381. The summed E-state index contributed by atoms with van der Waals surface area (Å²) in [6, 6.07) is 11.2. The molecule has 0 radical (unpaired) electrons. The highest BCUT2D eigenvalue weighted by molar-refractivity contribution is 9.11. The number of hydrogen-bond donors (Lipinski definition) is 1. The van der Waals surface area contributed by atoms with Crippen LogP contribution < -0.4 is 9.46 Å². The molecule has 9 heteroatoms. The summed E-state index contributed by atoms with van der Waals surface area (Å²) in [5.74, 6) is -0.486. The second-order valence-corrected chi connectivity index (χ2v) is 8.80. The Morgan fingerprint density at radius 2 is 2.13 bits per heavy atom. The maximum atomic E-state index is 12.1. The molecule has 1 atom stereocenters. The third-order valence-electron chi connectivity index (χ3n) is 2.69. The molecule has 1 heterocycles. The van der Waals surface area contributed by atoms with Crippen molar-refractivity contribution in [3.63, 3.8) is 0 Å². The van der Waals surface area contributed by atoms with Gasteiger partial charge in [0.25, 0.3) is 15.9 Å². The van der Waals surface area contributed by atoms with Crippen LogP contribution in [0.3, 0.4) is 0 Å². The number of rotatable bonds is 5. The minimum Gasteiger partial charge on any atom is -0.481 e. The smallest absolute Gasteiger partial charge is 0.274 e. The molecular formula is C14H11BrN2O4S2. The van der Waals surface area contributed by atoms with E-state index in [4.69, 9.17) is 10.00 Å². The van der Waals surface area contributed by atoms with Crippen LogP contribution in [0.1, 0.15) is 12.5 Å². The standard InChI is InChI=1S/C14H11BrN2O4S2/c1-9(21-11-4-2-3-10(7-11)8-16)14(18)17-23(19,20)13-6-5-12(15)22-13/h2-7,9H,1H3,(H,17,18). The molecule has 1 N–H and O–H groups in total. The van der Waals surface area contributed by atoms with E-state index >= 15 is 0 Å². The van der Waals surface area contributed by atoms with E-state index in [1.54, 1.807) is 24.3 Å². The maximum absolute atomic E-state index is 12.1. The van der Waals surface area contributed by atoms with Crippen molar-refractivity contribution in [3.05, 3.63) is 45.7 Å². The van der Waals surface area contributed by atoms with Crippen molar-refractivity contribution in [2.45, 2.75) is 17.2 Å². The van der Waals surface area contributed by atoms with Crippen LogP contribution in [0.4, 0.5) is 0 Å². The van der Waals surface area contributed by atoms with E-state index in [9.17, 15) is 13.2 Å². The van der Waals surface area contributed by atoms with Gasteiger partial charge in [-0.2, -0.15) is 5.26 Å². The zero-order valence-corrected chi connectivity index (χ0v) is 15.0. The molecule has 1 unspecified atom stereocenters. The van der Waals surface area contributed by atoms with E-state index in [2.05, 4.69) is 15.9 Å². The third kappa shape index (κ3) is 4.54. The van der Waals surface area contributed by atoms with E-state index in [-0.39, 0.29) is 4.21 Å². The van der Waals surface area contributed by atoms with Gasteiger partial charge in [-0.3, -0.25) is 4.79 Å². The Kier molecular flexibility index (Phi) is 5.41. The summed E-state index contributed by atoms with van der Waals surface area (Å²) < 4.78 is 32.2. The molecule has 1 aromatic carbocycles. The van der Waals surface area contributed by atoms with Gasteiger partial charge in [-0.15, -0.1) is 11.3 Å². The van der Waals surface area contributed by atoms with E-state index in [0.29, 0.717) is 15.1 Å². The molecule has 120 valence electrons. The van der Waals surface area contributed by atoms with Gasteiger partial charge in [-0.1, -0.05) is 6.07 Å². The molecule has 0 aliphatic carbocycles. The lowest BCUT2D eigenvalue weighted by molar-refractivity contribution is -0.125. The largest absolute Gasteiger partial charge is 0.481 e. The van der Waals surface area contributed by atoms with Crippen LogP contribution in [0.2, 0.25) is 0 Å². The zero-order chi connectivity index (χ0) is 17.0. The molecule has 6 nitrogen and oxygen atoms in total. The number of ether oxygens (including phenoxy) is 1. The van der Waals surface area contributed by atoms with Gasteiger partial charge in [0.05, 0.1) is 15.4 Å². The second kappa shape index (κ2) is 7.12. The summed E-state index contributed by atoms with van der Waals surface area (Å²) in [7, 11) is -3.93. The number of thiophene rings is 1. The summed E-state index contributed by atoms with van der Waals surface area (Å²) >= 11 is 4.16. The van der Waals surface area contributed by atoms with Gasteiger partial charge >= 0.3 is 0 Å². The lowest BCUT2D eigenvalue weighted by Gasteiger charge is -2.14. The zero-order valence-electron chi connectivity index (χ0n) is 11.8. The van der Waals surface area contributed by atoms with Crippen LogP contribution in [0.5, 0.6) is 5.75 Å². The van der Waals surface area contributed by atoms with Crippen molar-refractivity contribution >= 4 is 43.2 Å². The fourth-order valence-corrected chi connectivity index (χ4v) is 4.66. The first-order chi connectivity index (χ1) is 10.8. The Bertz CT molecular complexity index is 871. The number of sulfonamides is 1. The van der Waals surface area contributed by atoms with Crippen molar-refractivity contribution < 1.29 is 17.9 Å². The van der Waals surface area contributed by atoms with Crippen molar-refractivity contribution in [2.75, 3.05) is 0 Å². The highest BCUT2D eigenvalue weighted by Crippen LogP contribution is 2.25. The topological polar surface area (TPSA) is 96.3 Å². The number of halogens is 1. The van der Waals surface area contributed by atoms with E-state index in [1.165, 1.54) is 19.1 Å². The molecule has 2 aromatic rings. The Hall–Kier alpha value is -1.89. The first kappa shape index (κ1) is 17.5. The lowest BCUT2D eigenvalue weighted by Crippen LogP contribution is -2.39. The van der Waals surface area contributed by atoms with Crippen LogP contribution in [0.15, 0.2) is 44.4 Å². The summed E-state index contributed by atoms with van der Waals surface area (Å²) in [4.78, 5) is 12.0. The molecule has 2 rings (SSSR count). The number of hydrogen-bond acceptors (Lipinski definition) is 6. The van der Waals surface area contributed by atoms with E-state index in [0.717, 1.165) is 11.3 Å². The quantitative estimate of drug-likeness (QED) is 0.810. The first-order valence-electron chi connectivity index (χ1n) is 6.30. The van der Waals surface area contributed by atoms with Crippen LogP contribution in [0.25, 0.3) is 0 Å². The maximum Gasteiger partial charge on any atom is 0.274 e. The van der Waals surface area contributed by atoms with E-state index < -0.39 is 22.0 Å². The summed E-state index contributed by atoms with van der Waals surface area (Å²) in [6.07, 6.45) is -1.04. The van der Waals surface area contributed by atoms with Gasteiger partial charge in [-0.05, 0) is 53.2 Å². The monoisotopic (exact) mass is 414 g/mol. The average Bonchev–Trinajstić information content (AvgIpc) is 2.94. The SMILES string of the molecule is CC(Oc1cccc(C#N)c1)C(=O)NS(=O)(=O)c1ccc(Br)s1. The van der Waals surface area contributed by atoms with Gasteiger partial charge in [0.1, 0.15) is 9.96 Å². The minimum absolute atomic E-state index is 0.0244. The fraction of sp³-hybridized carbons (Fsp3) is 0.143. The van der Waals surface area contributed by atoms with Crippen molar-refractivity contribution in [2.24, 2.45) is 0 Å². The molecule has 0 saturated heterocycles. The number of benzene rings is 1. The number of nitriles is 1. The second-order valence-electron chi connectivity index (χ2n) is 4.43. The molecule has 1 amide bonds. The van der Waals surface area contributed by atoms with Crippen molar-refractivity contribution in [3.8, 4) is 11.8 Å². The van der Waals surface area contributed by atoms with Gasteiger partial charge in [0, 0.05) is 0 Å². The normalized spacial score (nSPS) is 12.2. The molecule has 0 fully saturated rings. The Balaban J connectivity index is 2.06. The lowest BCUT2D eigenvalue weighted by atomic mass is 10.2. The predicted octanol–water partition coefficient (Wildman–Crippen LogP) is 2.65. The fourth-order valence-electron chi connectivity index (χ4n) is 1.60. The molecule has 0 bridgehead atoms.